The van der Waals surface area contributed by atoms with Gasteiger partial charge in [0, 0.05) is 23.6 Å². The van der Waals surface area contributed by atoms with Crippen molar-refractivity contribution in [1.29, 1.82) is 0 Å². The molecule has 3 aromatic carbocycles. The highest BCUT2D eigenvalue weighted by Gasteiger charge is 2.31. The Hall–Kier alpha value is -4.29. The summed E-state index contributed by atoms with van der Waals surface area (Å²) >= 11 is 0. The van der Waals surface area contributed by atoms with Crippen molar-refractivity contribution in [2.75, 3.05) is 25.7 Å². The monoisotopic (exact) mass is 470 g/mol. The number of nitrogens with zero attached hydrogens (tertiary/aromatic N) is 4. The highest BCUT2D eigenvalue weighted by Crippen LogP contribution is 2.45. The molecule has 4 rings (SSSR count). The molecule has 0 spiro atoms. The fourth-order valence-electron chi connectivity index (χ4n) is 5.08. The van der Waals surface area contributed by atoms with Crippen molar-refractivity contribution in [1.82, 2.24) is 0 Å². The Morgan fingerprint density at radius 3 is 2.09 bits per heavy atom. The lowest BCUT2D eigenvalue weighted by Crippen LogP contribution is -2.30. The SMILES string of the molecule is COC(=O)c1c(C)c(N=[N+]=[N-])c(C)c(N(C)C(=O)OCC2c3ccccc3-c3ccccc32)c1C. The van der Waals surface area contributed by atoms with Crippen LogP contribution in [0.1, 0.15) is 44.1 Å². The number of ether oxygens (including phenoxy) is 2. The van der Waals surface area contributed by atoms with Gasteiger partial charge in [-0.15, -0.1) is 0 Å². The summed E-state index contributed by atoms with van der Waals surface area (Å²) in [6, 6.07) is 16.2. The minimum Gasteiger partial charge on any atom is -0.465 e. The Labute approximate surface area is 203 Å². The first-order valence-electron chi connectivity index (χ1n) is 11.2. The number of benzene rings is 3. The Balaban J connectivity index is 1.67. The van der Waals surface area contributed by atoms with Gasteiger partial charge in [-0.1, -0.05) is 53.6 Å². The second-order valence-electron chi connectivity index (χ2n) is 8.49. The maximum absolute atomic E-state index is 13.2. The van der Waals surface area contributed by atoms with Crippen molar-refractivity contribution < 1.29 is 19.1 Å². The van der Waals surface area contributed by atoms with Crippen molar-refractivity contribution in [2.45, 2.75) is 26.7 Å². The summed E-state index contributed by atoms with van der Waals surface area (Å²) in [7, 11) is 2.85. The van der Waals surface area contributed by atoms with E-state index in [2.05, 4.69) is 34.3 Å². The summed E-state index contributed by atoms with van der Waals surface area (Å²) in [5, 5.41) is 3.78. The van der Waals surface area contributed by atoms with Crippen LogP contribution >= 0.6 is 0 Å². The van der Waals surface area contributed by atoms with Crippen LogP contribution in [0.15, 0.2) is 53.6 Å². The Bertz CT molecular complexity index is 1350. The second kappa shape index (κ2) is 9.52. The maximum atomic E-state index is 13.2. The first kappa shape index (κ1) is 23.9. The standard InChI is InChI=1S/C27H26N4O4/c1-15-23(26(32)34-5)16(2)25(17(3)24(15)29-30-28)31(4)27(33)35-14-22-20-12-8-6-10-18(20)19-11-7-9-13-21(19)22/h6-13,22H,14H2,1-5H3. The van der Waals surface area contributed by atoms with Gasteiger partial charge >= 0.3 is 12.1 Å². The van der Waals surface area contributed by atoms with Crippen molar-refractivity contribution in [3.8, 4) is 11.1 Å². The molecule has 0 aliphatic heterocycles. The van der Waals surface area contributed by atoms with Crippen LogP contribution in [0, 0.1) is 20.8 Å². The Morgan fingerprint density at radius 2 is 1.54 bits per heavy atom. The van der Waals surface area contributed by atoms with Crippen LogP contribution in [0.2, 0.25) is 0 Å². The first-order valence-corrected chi connectivity index (χ1v) is 11.2. The van der Waals surface area contributed by atoms with Crippen LogP contribution in [0.25, 0.3) is 21.6 Å². The minimum atomic E-state index is -0.579. The topological polar surface area (TPSA) is 105 Å². The van der Waals surface area contributed by atoms with E-state index >= 15 is 0 Å². The fraction of sp³-hybridized carbons (Fsp3) is 0.259. The van der Waals surface area contributed by atoms with Crippen LogP contribution in [-0.4, -0.2) is 32.8 Å². The number of hydrogen-bond donors (Lipinski definition) is 0. The molecule has 0 radical (unpaired) electrons. The minimum absolute atomic E-state index is 0.0793. The molecule has 0 saturated carbocycles. The lowest BCUT2D eigenvalue weighted by Gasteiger charge is -2.26. The zero-order chi connectivity index (χ0) is 25.3. The summed E-state index contributed by atoms with van der Waals surface area (Å²) in [6.45, 7) is 5.32. The molecular formula is C27H26N4O4. The van der Waals surface area contributed by atoms with E-state index in [4.69, 9.17) is 15.0 Å². The molecule has 0 fully saturated rings. The Kier molecular flexibility index (Phi) is 6.49. The van der Waals surface area contributed by atoms with Crippen LogP contribution in [-0.2, 0) is 9.47 Å². The number of amides is 1. The van der Waals surface area contributed by atoms with Crippen molar-refractivity contribution in [3.05, 3.63) is 92.4 Å². The second-order valence-corrected chi connectivity index (χ2v) is 8.49. The summed E-state index contributed by atoms with van der Waals surface area (Å²) in [5.41, 5.74) is 16.2. The third-order valence-electron chi connectivity index (χ3n) is 6.65. The van der Waals surface area contributed by atoms with Crippen molar-refractivity contribution in [2.24, 2.45) is 5.11 Å². The zero-order valence-electron chi connectivity index (χ0n) is 20.3. The molecule has 1 aliphatic carbocycles. The van der Waals surface area contributed by atoms with Gasteiger partial charge < -0.3 is 9.47 Å². The molecule has 0 N–H and O–H groups in total. The van der Waals surface area contributed by atoms with Gasteiger partial charge in [0.1, 0.15) is 6.61 Å². The molecule has 35 heavy (non-hydrogen) atoms. The maximum Gasteiger partial charge on any atom is 0.414 e. The van der Waals surface area contributed by atoms with E-state index in [0.717, 1.165) is 22.3 Å². The van der Waals surface area contributed by atoms with E-state index in [1.807, 2.05) is 24.3 Å². The number of carbonyl (C=O) groups is 2. The van der Waals surface area contributed by atoms with Crippen molar-refractivity contribution >= 4 is 23.4 Å². The van der Waals surface area contributed by atoms with E-state index < -0.39 is 12.1 Å². The number of fused-ring (bicyclic) bond motifs is 3. The molecule has 1 aliphatic rings. The quantitative estimate of drug-likeness (QED) is 0.178. The summed E-state index contributed by atoms with van der Waals surface area (Å²) < 4.78 is 10.7. The van der Waals surface area contributed by atoms with Gasteiger partial charge in [-0.05, 0) is 65.2 Å². The Morgan fingerprint density at radius 1 is 0.971 bits per heavy atom. The molecular weight excluding hydrogens is 444 g/mol. The third kappa shape index (κ3) is 3.98. The summed E-state index contributed by atoms with van der Waals surface area (Å²) in [4.78, 5) is 30.0. The van der Waals surface area contributed by atoms with Gasteiger partial charge in [-0.2, -0.15) is 0 Å². The van der Waals surface area contributed by atoms with Gasteiger partial charge in [0.2, 0.25) is 0 Å². The van der Waals surface area contributed by atoms with E-state index in [1.165, 1.54) is 12.0 Å². The molecule has 3 aromatic rings. The number of anilines is 1. The predicted molar refractivity (Wildman–Crippen MR) is 134 cm³/mol. The first-order chi connectivity index (χ1) is 16.8. The smallest absolute Gasteiger partial charge is 0.414 e. The lowest BCUT2D eigenvalue weighted by atomic mass is 9.94. The molecule has 0 aromatic heterocycles. The average molecular weight is 471 g/mol. The molecule has 8 nitrogen and oxygen atoms in total. The van der Waals surface area contributed by atoms with Crippen LogP contribution < -0.4 is 4.90 Å². The van der Waals surface area contributed by atoms with Gasteiger partial charge in [0.05, 0.1) is 18.4 Å². The molecule has 178 valence electrons. The fourth-order valence-corrected chi connectivity index (χ4v) is 5.08. The van der Waals surface area contributed by atoms with Gasteiger partial charge in [0.15, 0.2) is 0 Å². The van der Waals surface area contributed by atoms with E-state index in [0.29, 0.717) is 22.4 Å². The number of rotatable bonds is 5. The molecule has 0 unspecified atom stereocenters. The number of hydrogen-bond acceptors (Lipinski definition) is 5. The number of carbonyl (C=O) groups excluding carboxylic acids is 2. The largest absolute Gasteiger partial charge is 0.465 e. The normalized spacial score (nSPS) is 11.8. The average Bonchev–Trinajstić information content (AvgIpc) is 3.18. The predicted octanol–water partition coefficient (Wildman–Crippen LogP) is 6.73. The van der Waals surface area contributed by atoms with Crippen LogP contribution in [0.4, 0.5) is 16.2 Å². The van der Waals surface area contributed by atoms with E-state index in [-0.39, 0.29) is 23.8 Å². The summed E-state index contributed by atoms with van der Waals surface area (Å²) in [6.07, 6.45) is -0.579. The molecule has 1 amide bonds. The number of methoxy groups -OCH3 is 1. The van der Waals surface area contributed by atoms with Gasteiger partial charge in [-0.3, -0.25) is 4.90 Å². The molecule has 0 bridgehead atoms. The number of esters is 1. The highest BCUT2D eigenvalue weighted by atomic mass is 16.6. The zero-order valence-corrected chi connectivity index (χ0v) is 20.3. The van der Waals surface area contributed by atoms with Crippen molar-refractivity contribution in [3.63, 3.8) is 0 Å². The lowest BCUT2D eigenvalue weighted by molar-refractivity contribution is 0.0599. The van der Waals surface area contributed by atoms with E-state index in [1.54, 1.807) is 27.8 Å². The molecule has 0 heterocycles. The van der Waals surface area contributed by atoms with Crippen LogP contribution in [0.3, 0.4) is 0 Å². The van der Waals surface area contributed by atoms with E-state index in [9.17, 15) is 9.59 Å². The molecule has 0 saturated heterocycles. The molecule has 0 atom stereocenters. The highest BCUT2D eigenvalue weighted by molar-refractivity contribution is 6.00. The molecule has 8 heteroatoms. The van der Waals surface area contributed by atoms with Crippen LogP contribution in [0.5, 0.6) is 0 Å². The van der Waals surface area contributed by atoms with Gasteiger partial charge in [-0.25, -0.2) is 9.59 Å². The van der Waals surface area contributed by atoms with Gasteiger partial charge in [0.25, 0.3) is 0 Å². The summed E-state index contributed by atoms with van der Waals surface area (Å²) in [5.74, 6) is -0.652. The third-order valence-corrected chi connectivity index (χ3v) is 6.65. The number of azide groups is 1.